The Morgan fingerprint density at radius 2 is 1.11 bits per heavy atom. The summed E-state index contributed by atoms with van der Waals surface area (Å²) in [4.78, 5) is 10.8. The van der Waals surface area contributed by atoms with Gasteiger partial charge >= 0.3 is 0 Å². The first-order valence-corrected chi connectivity index (χ1v) is 7.36. The highest BCUT2D eigenvalue weighted by Gasteiger charge is 1.93. The van der Waals surface area contributed by atoms with Crippen molar-refractivity contribution in [2.75, 3.05) is 0 Å². The average Bonchev–Trinajstić information content (AvgIpc) is 2.27. The molecule has 0 aliphatic carbocycles. The smallest absolute Gasteiger partial charge is 0.130 e. The monoisotopic (exact) mass is 262 g/mol. The van der Waals surface area contributed by atoms with Gasteiger partial charge in [0.15, 0.2) is 0 Å². The Hall–Kier alpha value is -1.11. The summed E-state index contributed by atoms with van der Waals surface area (Å²) < 4.78 is 0. The lowest BCUT2D eigenvalue weighted by Crippen LogP contribution is -1.87. The first-order chi connectivity index (χ1) is 8.91. The van der Waals surface area contributed by atoms with E-state index in [2.05, 4.69) is 45.9 Å². The van der Waals surface area contributed by atoms with Crippen molar-refractivity contribution in [1.29, 1.82) is 0 Å². The molecule has 0 radical (unpaired) electrons. The molecule has 0 aromatic heterocycles. The maximum Gasteiger partial charge on any atom is 0.130 e. The van der Waals surface area contributed by atoms with Gasteiger partial charge in [0.2, 0.25) is 0 Å². The number of allylic oxidation sites excluding steroid dienone is 6. The van der Waals surface area contributed by atoms with Gasteiger partial charge in [0.1, 0.15) is 5.78 Å². The van der Waals surface area contributed by atoms with E-state index >= 15 is 0 Å². The van der Waals surface area contributed by atoms with E-state index < -0.39 is 0 Å². The van der Waals surface area contributed by atoms with E-state index in [9.17, 15) is 4.79 Å². The summed E-state index contributed by atoms with van der Waals surface area (Å²) in [5, 5.41) is 0. The van der Waals surface area contributed by atoms with Crippen LogP contribution < -0.4 is 0 Å². The first-order valence-electron chi connectivity index (χ1n) is 7.36. The van der Waals surface area contributed by atoms with Gasteiger partial charge in [-0.2, -0.15) is 0 Å². The highest BCUT2D eigenvalue weighted by molar-refractivity contribution is 5.75. The van der Waals surface area contributed by atoms with Crippen LogP contribution in [0.25, 0.3) is 0 Å². The predicted octanol–water partition coefficient (Wildman–Crippen LogP) is 5.77. The minimum atomic E-state index is 0.277. The third-order valence-electron chi connectivity index (χ3n) is 3.11. The third-order valence-corrected chi connectivity index (χ3v) is 3.11. The van der Waals surface area contributed by atoms with E-state index in [1.54, 1.807) is 6.92 Å². The lowest BCUT2D eigenvalue weighted by molar-refractivity contribution is -0.116. The predicted molar refractivity (Wildman–Crippen MR) is 85.3 cm³/mol. The lowest BCUT2D eigenvalue weighted by atomic mass is 10.1. The zero-order valence-electron chi connectivity index (χ0n) is 13.4. The molecular formula is C18H30O. The molecule has 0 rings (SSSR count). The average molecular weight is 262 g/mol. The normalized spacial score (nSPS) is 12.5. The molecule has 0 saturated carbocycles. The Morgan fingerprint density at radius 1 is 0.684 bits per heavy atom. The van der Waals surface area contributed by atoms with Crippen molar-refractivity contribution in [2.24, 2.45) is 0 Å². The van der Waals surface area contributed by atoms with Gasteiger partial charge in [0.25, 0.3) is 0 Å². The van der Waals surface area contributed by atoms with Crippen LogP contribution in [0.4, 0.5) is 0 Å². The highest BCUT2D eigenvalue weighted by Crippen LogP contribution is 2.12. The van der Waals surface area contributed by atoms with Crippen molar-refractivity contribution in [3.05, 3.63) is 34.9 Å². The molecule has 19 heavy (non-hydrogen) atoms. The maximum absolute atomic E-state index is 10.8. The van der Waals surface area contributed by atoms with Crippen LogP contribution in [0.5, 0.6) is 0 Å². The molecule has 0 spiro atoms. The molecule has 0 saturated heterocycles. The van der Waals surface area contributed by atoms with Gasteiger partial charge in [-0.1, -0.05) is 34.9 Å². The zero-order chi connectivity index (χ0) is 14.7. The van der Waals surface area contributed by atoms with E-state index in [0.29, 0.717) is 6.42 Å². The summed E-state index contributed by atoms with van der Waals surface area (Å²) in [6.45, 7) is 10.3. The molecule has 1 nitrogen and oxygen atoms in total. The first kappa shape index (κ1) is 17.9. The van der Waals surface area contributed by atoms with Crippen LogP contribution in [0.15, 0.2) is 34.9 Å². The van der Waals surface area contributed by atoms with Crippen LogP contribution in [0.1, 0.15) is 73.1 Å². The summed E-state index contributed by atoms with van der Waals surface area (Å²) in [6.07, 6.45) is 13.0. The molecule has 0 aliphatic heterocycles. The summed E-state index contributed by atoms with van der Waals surface area (Å²) >= 11 is 0. The Labute approximate surface area is 119 Å². The number of carbonyl (C=O) groups excluding carboxylic acids is 1. The number of carbonyl (C=O) groups is 1. The van der Waals surface area contributed by atoms with E-state index in [4.69, 9.17) is 0 Å². The van der Waals surface area contributed by atoms with Crippen LogP contribution in [-0.2, 0) is 4.79 Å². The second kappa shape index (κ2) is 10.8. The van der Waals surface area contributed by atoms with E-state index in [0.717, 1.165) is 32.1 Å². The van der Waals surface area contributed by atoms with Crippen molar-refractivity contribution in [3.63, 3.8) is 0 Å². The van der Waals surface area contributed by atoms with Crippen LogP contribution >= 0.6 is 0 Å². The van der Waals surface area contributed by atoms with Crippen molar-refractivity contribution < 1.29 is 4.79 Å². The Balaban J connectivity index is 3.86. The highest BCUT2D eigenvalue weighted by atomic mass is 16.1. The molecule has 0 aromatic rings. The molecule has 1 heteroatoms. The molecule has 0 atom stereocenters. The van der Waals surface area contributed by atoms with Crippen molar-refractivity contribution in [3.8, 4) is 0 Å². The number of ketones is 1. The summed E-state index contributed by atoms with van der Waals surface area (Å²) in [5.74, 6) is 0.277. The third kappa shape index (κ3) is 13.1. The fourth-order valence-electron chi connectivity index (χ4n) is 1.86. The fraction of sp³-hybridized carbons (Fsp3) is 0.611. The van der Waals surface area contributed by atoms with E-state index in [1.165, 1.54) is 16.7 Å². The molecular weight excluding hydrogens is 232 g/mol. The van der Waals surface area contributed by atoms with Crippen LogP contribution in [-0.4, -0.2) is 5.78 Å². The lowest BCUT2D eigenvalue weighted by Gasteiger charge is -2.01. The van der Waals surface area contributed by atoms with Crippen LogP contribution in [0.2, 0.25) is 0 Å². The van der Waals surface area contributed by atoms with Gasteiger partial charge in [-0.05, 0) is 66.7 Å². The van der Waals surface area contributed by atoms with Gasteiger partial charge < -0.3 is 4.79 Å². The molecule has 0 unspecified atom stereocenters. The van der Waals surface area contributed by atoms with Crippen molar-refractivity contribution in [2.45, 2.75) is 73.1 Å². The topological polar surface area (TPSA) is 17.1 Å². The summed E-state index contributed by atoms with van der Waals surface area (Å²) in [5.41, 5.74) is 4.28. The van der Waals surface area contributed by atoms with Gasteiger partial charge in [0, 0.05) is 6.42 Å². The molecule has 0 heterocycles. The minimum absolute atomic E-state index is 0.277. The van der Waals surface area contributed by atoms with E-state index in [-0.39, 0.29) is 5.78 Å². The number of hydrogen-bond acceptors (Lipinski definition) is 1. The molecule has 0 aromatic carbocycles. The van der Waals surface area contributed by atoms with Crippen LogP contribution in [0.3, 0.4) is 0 Å². The SMILES string of the molecule is CC(=O)CC/C=C(/C)CC/C=C(/C)CCC=C(C)C. The number of hydrogen-bond donors (Lipinski definition) is 0. The minimum Gasteiger partial charge on any atom is -0.300 e. The van der Waals surface area contributed by atoms with E-state index in [1.807, 2.05) is 0 Å². The van der Waals surface area contributed by atoms with Gasteiger partial charge in [-0.3, -0.25) is 0 Å². The molecule has 0 fully saturated rings. The van der Waals surface area contributed by atoms with Gasteiger partial charge in [-0.15, -0.1) is 0 Å². The van der Waals surface area contributed by atoms with Crippen molar-refractivity contribution >= 4 is 5.78 Å². The Morgan fingerprint density at radius 3 is 1.53 bits per heavy atom. The van der Waals surface area contributed by atoms with Crippen LogP contribution in [0, 0.1) is 0 Å². The quantitative estimate of drug-likeness (QED) is 0.482. The number of Topliss-reactive ketones (excluding diaryl/α,β-unsaturated/α-hetero) is 1. The molecule has 0 aliphatic rings. The zero-order valence-corrected chi connectivity index (χ0v) is 13.4. The molecule has 0 bridgehead atoms. The van der Waals surface area contributed by atoms with Gasteiger partial charge in [0.05, 0.1) is 0 Å². The van der Waals surface area contributed by atoms with Crippen molar-refractivity contribution in [1.82, 2.24) is 0 Å². The molecule has 0 N–H and O–H groups in total. The Bertz CT molecular complexity index is 352. The largest absolute Gasteiger partial charge is 0.300 e. The Kier molecular flexibility index (Phi) is 10.1. The molecule has 0 amide bonds. The summed E-state index contributed by atoms with van der Waals surface area (Å²) in [7, 11) is 0. The second-order valence-corrected chi connectivity index (χ2v) is 5.70. The second-order valence-electron chi connectivity index (χ2n) is 5.70. The standard InChI is InChI=1S/C18H30O/c1-15(2)9-6-10-16(3)11-7-12-17(4)13-8-14-18(5)19/h9,11,13H,6-8,10,12,14H2,1-5H3/b16-11-,17-13-. The summed E-state index contributed by atoms with van der Waals surface area (Å²) in [6, 6.07) is 0. The maximum atomic E-state index is 10.8. The molecule has 108 valence electrons. The number of rotatable bonds is 9. The van der Waals surface area contributed by atoms with Gasteiger partial charge in [-0.25, -0.2) is 0 Å². The fourth-order valence-corrected chi connectivity index (χ4v) is 1.86.